The van der Waals surface area contributed by atoms with Crippen LogP contribution in [0, 0.1) is 0 Å². The molecule has 0 radical (unpaired) electrons. The molecule has 0 bridgehead atoms. The Kier molecular flexibility index (Phi) is 5.03. The van der Waals surface area contributed by atoms with Crippen LogP contribution in [0.2, 0.25) is 0 Å². The van der Waals surface area contributed by atoms with Gasteiger partial charge in [0.2, 0.25) is 5.89 Å². The van der Waals surface area contributed by atoms with Crippen LogP contribution in [0.15, 0.2) is 130 Å². The third-order valence-corrected chi connectivity index (χ3v) is 6.97. The largest absolute Gasteiger partial charge is 0.456 e. The summed E-state index contributed by atoms with van der Waals surface area (Å²) < 4.78 is 12.6. The fourth-order valence-corrected chi connectivity index (χ4v) is 5.03. The Morgan fingerprint density at radius 3 is 1.62 bits per heavy atom. The molecule has 0 amide bonds. The molecule has 3 heterocycles. The van der Waals surface area contributed by atoms with Crippen molar-refractivity contribution in [2.45, 2.75) is 0 Å². The predicted molar refractivity (Wildman–Crippen MR) is 156 cm³/mol. The molecule has 0 fully saturated rings. The highest BCUT2D eigenvalue weighted by Gasteiger charge is 2.18. The van der Waals surface area contributed by atoms with Gasteiger partial charge in [-0.05, 0) is 36.4 Å². The van der Waals surface area contributed by atoms with Crippen LogP contribution in [0.1, 0.15) is 0 Å². The number of rotatable bonds is 4. The molecule has 0 aliphatic carbocycles. The predicted octanol–water partition coefficient (Wildman–Crippen LogP) is 8.58. The number of furan rings is 1. The number of hydrogen-bond donors (Lipinski definition) is 0. The summed E-state index contributed by atoms with van der Waals surface area (Å²) in [6.45, 7) is 0. The fourth-order valence-electron chi connectivity index (χ4n) is 5.03. The Morgan fingerprint density at radius 1 is 0.425 bits per heavy atom. The summed E-state index contributed by atoms with van der Waals surface area (Å²) in [6.07, 6.45) is 0. The second-order valence-electron chi connectivity index (χ2n) is 9.52. The number of aromatic nitrogens is 4. The molecule has 0 spiro atoms. The Balaban J connectivity index is 1.30. The van der Waals surface area contributed by atoms with E-state index >= 15 is 0 Å². The quantitative estimate of drug-likeness (QED) is 0.233. The fraction of sp³-hybridized carbons (Fsp3) is 0. The molecule has 0 saturated carbocycles. The summed E-state index contributed by atoms with van der Waals surface area (Å²) in [4.78, 5) is 19.2. The lowest BCUT2D eigenvalue weighted by Crippen LogP contribution is -2.00. The van der Waals surface area contributed by atoms with Crippen molar-refractivity contribution in [3.8, 4) is 45.6 Å². The Hall–Kier alpha value is -5.62. The van der Waals surface area contributed by atoms with Gasteiger partial charge in [-0.15, -0.1) is 0 Å². The van der Waals surface area contributed by atoms with Crippen LogP contribution in [0.25, 0.3) is 78.7 Å². The van der Waals surface area contributed by atoms with Gasteiger partial charge in [-0.1, -0.05) is 84.9 Å². The molecular weight excluding hydrogens is 496 g/mol. The highest BCUT2D eigenvalue weighted by Crippen LogP contribution is 2.38. The first-order valence-electron chi connectivity index (χ1n) is 13.0. The summed E-state index contributed by atoms with van der Waals surface area (Å²) in [5.41, 5.74) is 6.57. The van der Waals surface area contributed by atoms with Gasteiger partial charge < -0.3 is 8.83 Å². The first-order valence-corrected chi connectivity index (χ1v) is 13.0. The minimum atomic E-state index is 0.575. The van der Waals surface area contributed by atoms with E-state index in [0.717, 1.165) is 49.7 Å². The molecule has 6 nitrogen and oxygen atoms in total. The second kappa shape index (κ2) is 8.99. The maximum absolute atomic E-state index is 6.31. The number of benzene rings is 5. The van der Waals surface area contributed by atoms with Crippen LogP contribution < -0.4 is 0 Å². The van der Waals surface area contributed by atoms with E-state index in [2.05, 4.69) is 0 Å². The summed E-state index contributed by atoms with van der Waals surface area (Å²) in [5.74, 6) is 2.39. The van der Waals surface area contributed by atoms with Crippen molar-refractivity contribution in [1.82, 2.24) is 19.9 Å². The minimum absolute atomic E-state index is 0.575. The SMILES string of the molecule is c1ccc(-c2nc(-c3ccccc3)nc(-c3ccc4c(c3)oc3ccc5nc(-c6ccccc6)oc5c34)n2)cc1. The molecule has 0 aliphatic rings. The van der Waals surface area contributed by atoms with Gasteiger partial charge in [0.25, 0.3) is 0 Å². The minimum Gasteiger partial charge on any atom is -0.456 e. The number of nitrogens with zero attached hydrogens (tertiary/aromatic N) is 4. The summed E-state index contributed by atoms with van der Waals surface area (Å²) in [6, 6.07) is 39.7. The lowest BCUT2D eigenvalue weighted by molar-refractivity contribution is 0.622. The van der Waals surface area contributed by atoms with E-state index in [9.17, 15) is 0 Å². The van der Waals surface area contributed by atoms with Crippen LogP contribution in [0.3, 0.4) is 0 Å². The molecule has 8 rings (SSSR count). The monoisotopic (exact) mass is 516 g/mol. The van der Waals surface area contributed by atoms with Crippen molar-refractivity contribution in [2.75, 3.05) is 0 Å². The van der Waals surface area contributed by atoms with Gasteiger partial charge in [-0.2, -0.15) is 0 Å². The van der Waals surface area contributed by atoms with Crippen LogP contribution in [-0.4, -0.2) is 19.9 Å². The molecule has 0 atom stereocenters. The van der Waals surface area contributed by atoms with E-state index in [1.807, 2.05) is 121 Å². The summed E-state index contributed by atoms with van der Waals surface area (Å²) in [7, 11) is 0. The van der Waals surface area contributed by atoms with Crippen molar-refractivity contribution < 1.29 is 8.83 Å². The number of hydrogen-bond acceptors (Lipinski definition) is 6. The standard InChI is InChI=1S/C34H20N4O2/c1-4-10-21(11-5-1)31-36-32(22-12-6-2-7-13-22)38-33(37-31)24-16-17-25-28(20-24)39-27-19-18-26-30(29(25)27)40-34(35-26)23-14-8-3-9-15-23/h1-20H. The molecule has 3 aromatic heterocycles. The van der Waals surface area contributed by atoms with Crippen molar-refractivity contribution in [1.29, 1.82) is 0 Å². The molecule has 0 aliphatic heterocycles. The van der Waals surface area contributed by atoms with Crippen LogP contribution >= 0.6 is 0 Å². The lowest BCUT2D eigenvalue weighted by atomic mass is 10.1. The Morgan fingerprint density at radius 2 is 1.00 bits per heavy atom. The Labute approximate surface area is 228 Å². The van der Waals surface area contributed by atoms with Crippen molar-refractivity contribution >= 4 is 33.0 Å². The van der Waals surface area contributed by atoms with Gasteiger partial charge in [0, 0.05) is 27.6 Å². The van der Waals surface area contributed by atoms with Gasteiger partial charge in [0.15, 0.2) is 23.1 Å². The number of fused-ring (bicyclic) bond motifs is 5. The molecular formula is C34H20N4O2. The average molecular weight is 517 g/mol. The third kappa shape index (κ3) is 3.74. The van der Waals surface area contributed by atoms with Crippen molar-refractivity contribution in [2.24, 2.45) is 0 Å². The maximum atomic E-state index is 6.31. The zero-order valence-corrected chi connectivity index (χ0v) is 21.2. The van der Waals surface area contributed by atoms with E-state index in [1.54, 1.807) is 0 Å². The van der Waals surface area contributed by atoms with Crippen molar-refractivity contribution in [3.05, 3.63) is 121 Å². The van der Waals surface area contributed by atoms with Gasteiger partial charge in [-0.3, -0.25) is 0 Å². The van der Waals surface area contributed by atoms with Gasteiger partial charge in [-0.25, -0.2) is 19.9 Å². The summed E-state index contributed by atoms with van der Waals surface area (Å²) >= 11 is 0. The van der Waals surface area contributed by atoms with Gasteiger partial charge in [0.05, 0.1) is 5.39 Å². The highest BCUT2D eigenvalue weighted by molar-refractivity contribution is 6.16. The first kappa shape index (κ1) is 22.4. The summed E-state index contributed by atoms with van der Waals surface area (Å²) in [5, 5.41) is 1.85. The van der Waals surface area contributed by atoms with Crippen molar-refractivity contribution in [3.63, 3.8) is 0 Å². The molecule has 0 unspecified atom stereocenters. The van der Waals surface area contributed by atoms with E-state index in [-0.39, 0.29) is 0 Å². The first-order chi connectivity index (χ1) is 19.8. The molecule has 0 N–H and O–H groups in total. The van der Waals surface area contributed by atoms with Crippen LogP contribution in [-0.2, 0) is 0 Å². The Bertz CT molecular complexity index is 2090. The molecule has 5 aromatic carbocycles. The highest BCUT2D eigenvalue weighted by atomic mass is 16.4. The zero-order valence-electron chi connectivity index (χ0n) is 21.2. The maximum Gasteiger partial charge on any atom is 0.227 e. The molecule has 8 aromatic rings. The second-order valence-corrected chi connectivity index (χ2v) is 9.52. The molecule has 188 valence electrons. The van der Waals surface area contributed by atoms with E-state index < -0.39 is 0 Å². The zero-order chi connectivity index (χ0) is 26.5. The number of oxazole rings is 1. The lowest BCUT2D eigenvalue weighted by Gasteiger charge is -2.08. The molecule has 0 saturated heterocycles. The smallest absolute Gasteiger partial charge is 0.227 e. The topological polar surface area (TPSA) is 77.8 Å². The van der Waals surface area contributed by atoms with E-state index in [4.69, 9.17) is 28.8 Å². The normalized spacial score (nSPS) is 11.5. The van der Waals surface area contributed by atoms with Crippen LogP contribution in [0.5, 0.6) is 0 Å². The van der Waals surface area contributed by atoms with Crippen LogP contribution in [0.4, 0.5) is 0 Å². The molecule has 40 heavy (non-hydrogen) atoms. The average Bonchev–Trinajstić information content (AvgIpc) is 3.63. The van der Waals surface area contributed by atoms with Gasteiger partial charge >= 0.3 is 0 Å². The molecule has 6 heteroatoms. The van der Waals surface area contributed by atoms with E-state index in [0.29, 0.717) is 28.9 Å². The third-order valence-electron chi connectivity index (χ3n) is 6.97. The van der Waals surface area contributed by atoms with Gasteiger partial charge in [0.1, 0.15) is 16.7 Å². The van der Waals surface area contributed by atoms with E-state index in [1.165, 1.54) is 0 Å².